The van der Waals surface area contributed by atoms with Gasteiger partial charge in [0.1, 0.15) is 0 Å². The molecule has 1 aliphatic rings. The van der Waals surface area contributed by atoms with Crippen LogP contribution in [0.15, 0.2) is 18.2 Å². The number of nitrogens with zero attached hydrogens (tertiary/aromatic N) is 1. The maximum absolute atomic E-state index is 12.7. The van der Waals surface area contributed by atoms with E-state index in [0.29, 0.717) is 18.4 Å². The van der Waals surface area contributed by atoms with Gasteiger partial charge in [-0.1, -0.05) is 24.1 Å². The molecule has 2 atom stereocenters. The molecule has 26 heavy (non-hydrogen) atoms. The molecule has 0 spiro atoms. The number of ether oxygens (including phenoxy) is 1. The van der Waals surface area contributed by atoms with Crippen molar-refractivity contribution in [1.82, 2.24) is 4.90 Å². The van der Waals surface area contributed by atoms with E-state index in [9.17, 15) is 18.0 Å². The number of aryl methyl sites for hydroxylation is 2. The molecule has 144 valence electrons. The van der Waals surface area contributed by atoms with Crippen molar-refractivity contribution in [3.8, 4) is 0 Å². The van der Waals surface area contributed by atoms with Crippen LogP contribution >= 0.6 is 0 Å². The van der Waals surface area contributed by atoms with Gasteiger partial charge in [0.05, 0.1) is 17.1 Å². The van der Waals surface area contributed by atoms with Gasteiger partial charge in [0.25, 0.3) is 5.91 Å². The van der Waals surface area contributed by atoms with Gasteiger partial charge in [0.15, 0.2) is 16.4 Å². The van der Waals surface area contributed by atoms with Gasteiger partial charge in [-0.3, -0.25) is 4.79 Å². The Hall–Kier alpha value is -1.89. The first kappa shape index (κ1) is 20.4. The van der Waals surface area contributed by atoms with Crippen molar-refractivity contribution in [3.05, 3.63) is 34.9 Å². The lowest BCUT2D eigenvalue weighted by molar-refractivity contribution is -0.138. The van der Waals surface area contributed by atoms with Gasteiger partial charge in [0, 0.05) is 12.1 Å². The van der Waals surface area contributed by atoms with E-state index >= 15 is 0 Å². The Morgan fingerprint density at radius 1 is 1.23 bits per heavy atom. The Balaban J connectivity index is 2.06. The Morgan fingerprint density at radius 2 is 1.85 bits per heavy atom. The molecule has 1 aromatic rings. The van der Waals surface area contributed by atoms with Crippen molar-refractivity contribution in [2.45, 2.75) is 52.6 Å². The second-order valence-electron chi connectivity index (χ2n) is 7.07. The Bertz CT molecular complexity index is 767. The minimum atomic E-state index is -3.10. The molecule has 0 N–H and O–H groups in total. The first-order valence-corrected chi connectivity index (χ1v) is 10.7. The zero-order valence-corrected chi connectivity index (χ0v) is 16.6. The van der Waals surface area contributed by atoms with Gasteiger partial charge in [-0.25, -0.2) is 13.2 Å². The standard InChI is InChI=1S/C19H27NO5S/c1-5-15(4)20(17-6-7-26(23,24)12-17)18(21)11-25-19(22)16-9-13(2)8-14(3)10-16/h8-10,15,17H,5-7,11-12H2,1-4H3. The van der Waals surface area contributed by atoms with Crippen LogP contribution in [0.25, 0.3) is 0 Å². The summed E-state index contributed by atoms with van der Waals surface area (Å²) in [5.41, 5.74) is 2.30. The number of hydrogen-bond donors (Lipinski definition) is 0. The Kier molecular flexibility index (Phi) is 6.44. The molecule has 0 aliphatic carbocycles. The maximum atomic E-state index is 12.7. The number of carbonyl (C=O) groups excluding carboxylic acids is 2. The van der Waals surface area contributed by atoms with Crippen molar-refractivity contribution in [3.63, 3.8) is 0 Å². The van der Waals surface area contributed by atoms with Gasteiger partial charge in [-0.2, -0.15) is 0 Å². The highest BCUT2D eigenvalue weighted by Gasteiger charge is 2.36. The fourth-order valence-electron chi connectivity index (χ4n) is 3.38. The average molecular weight is 381 g/mol. The summed E-state index contributed by atoms with van der Waals surface area (Å²) in [6.45, 7) is 7.22. The zero-order chi connectivity index (χ0) is 19.5. The van der Waals surface area contributed by atoms with Crippen LogP contribution in [0.2, 0.25) is 0 Å². The largest absolute Gasteiger partial charge is 0.452 e. The lowest BCUT2D eigenvalue weighted by Crippen LogP contribution is -2.48. The molecule has 1 aromatic carbocycles. The SMILES string of the molecule is CCC(C)N(C(=O)COC(=O)c1cc(C)cc(C)c1)C1CCS(=O)(=O)C1. The highest BCUT2D eigenvalue weighted by molar-refractivity contribution is 7.91. The quantitative estimate of drug-likeness (QED) is 0.706. The highest BCUT2D eigenvalue weighted by Crippen LogP contribution is 2.21. The first-order chi connectivity index (χ1) is 12.1. The Morgan fingerprint density at radius 3 is 2.35 bits per heavy atom. The molecule has 1 heterocycles. The third-order valence-corrected chi connectivity index (χ3v) is 6.49. The molecular weight excluding hydrogens is 354 g/mol. The van der Waals surface area contributed by atoms with Crippen molar-refractivity contribution in [2.75, 3.05) is 18.1 Å². The van der Waals surface area contributed by atoms with E-state index in [1.54, 1.807) is 17.0 Å². The topological polar surface area (TPSA) is 80.8 Å². The molecule has 0 saturated carbocycles. The number of esters is 1. The molecule has 0 bridgehead atoms. The molecule has 1 saturated heterocycles. The van der Waals surface area contributed by atoms with Crippen LogP contribution in [0.4, 0.5) is 0 Å². The van der Waals surface area contributed by atoms with Gasteiger partial charge in [-0.05, 0) is 45.7 Å². The summed E-state index contributed by atoms with van der Waals surface area (Å²) < 4.78 is 28.7. The Labute approximate surface area is 155 Å². The lowest BCUT2D eigenvalue weighted by Gasteiger charge is -2.33. The maximum Gasteiger partial charge on any atom is 0.338 e. The minimum Gasteiger partial charge on any atom is -0.452 e. The normalized spacial score (nSPS) is 19.8. The summed E-state index contributed by atoms with van der Waals surface area (Å²) in [5.74, 6) is -0.818. The summed E-state index contributed by atoms with van der Waals surface area (Å²) in [6, 6.07) is 4.93. The lowest BCUT2D eigenvalue weighted by atomic mass is 10.1. The number of rotatable bonds is 6. The molecule has 6 nitrogen and oxygen atoms in total. The van der Waals surface area contributed by atoms with Gasteiger partial charge in [0.2, 0.25) is 0 Å². The summed E-state index contributed by atoms with van der Waals surface area (Å²) in [7, 11) is -3.10. The van der Waals surface area contributed by atoms with Gasteiger partial charge in [-0.15, -0.1) is 0 Å². The first-order valence-electron chi connectivity index (χ1n) is 8.90. The van der Waals surface area contributed by atoms with E-state index < -0.39 is 15.8 Å². The predicted molar refractivity (Wildman–Crippen MR) is 99.9 cm³/mol. The summed E-state index contributed by atoms with van der Waals surface area (Å²) >= 11 is 0. The predicted octanol–water partition coefficient (Wildman–Crippen LogP) is 2.27. The monoisotopic (exact) mass is 381 g/mol. The van der Waals surface area contributed by atoms with Crippen LogP contribution < -0.4 is 0 Å². The molecule has 1 fully saturated rings. The molecular formula is C19H27NO5S. The third kappa shape index (κ3) is 5.06. The number of hydrogen-bond acceptors (Lipinski definition) is 5. The van der Waals surface area contributed by atoms with E-state index in [1.165, 1.54) is 0 Å². The highest BCUT2D eigenvalue weighted by atomic mass is 32.2. The molecule has 7 heteroatoms. The number of carbonyl (C=O) groups is 2. The molecule has 0 radical (unpaired) electrons. The van der Waals surface area contributed by atoms with E-state index in [0.717, 1.165) is 11.1 Å². The van der Waals surface area contributed by atoms with Crippen LogP contribution in [-0.4, -0.2) is 55.4 Å². The molecule has 2 rings (SSSR count). The number of benzene rings is 1. The second-order valence-corrected chi connectivity index (χ2v) is 9.30. The van der Waals surface area contributed by atoms with Crippen LogP contribution in [-0.2, 0) is 19.4 Å². The fourth-order valence-corrected chi connectivity index (χ4v) is 5.09. The van der Waals surface area contributed by atoms with Crippen LogP contribution in [0.3, 0.4) is 0 Å². The fraction of sp³-hybridized carbons (Fsp3) is 0.579. The molecule has 1 aliphatic heterocycles. The van der Waals surface area contributed by atoms with E-state index in [2.05, 4.69) is 0 Å². The van der Waals surface area contributed by atoms with Crippen molar-refractivity contribution >= 4 is 21.7 Å². The molecule has 0 aromatic heterocycles. The van der Waals surface area contributed by atoms with Gasteiger partial charge >= 0.3 is 5.97 Å². The van der Waals surface area contributed by atoms with Crippen molar-refractivity contribution in [2.24, 2.45) is 0 Å². The number of amides is 1. The van der Waals surface area contributed by atoms with Crippen LogP contribution in [0.1, 0.15) is 48.2 Å². The molecule has 1 amide bonds. The summed E-state index contributed by atoms with van der Waals surface area (Å²) in [5, 5.41) is 0. The van der Waals surface area contributed by atoms with Crippen LogP contribution in [0.5, 0.6) is 0 Å². The summed E-state index contributed by atoms with van der Waals surface area (Å²) in [4.78, 5) is 26.5. The van der Waals surface area contributed by atoms with Crippen molar-refractivity contribution in [1.29, 1.82) is 0 Å². The van der Waals surface area contributed by atoms with Crippen LogP contribution in [0, 0.1) is 13.8 Å². The van der Waals surface area contributed by atoms with E-state index in [1.807, 2.05) is 33.8 Å². The van der Waals surface area contributed by atoms with E-state index in [-0.39, 0.29) is 36.1 Å². The van der Waals surface area contributed by atoms with Crippen molar-refractivity contribution < 1.29 is 22.7 Å². The van der Waals surface area contributed by atoms with Gasteiger partial charge < -0.3 is 9.64 Å². The summed E-state index contributed by atoms with van der Waals surface area (Å²) in [6.07, 6.45) is 1.14. The second kappa shape index (κ2) is 8.20. The minimum absolute atomic E-state index is 0.0197. The number of sulfone groups is 1. The zero-order valence-electron chi connectivity index (χ0n) is 15.8. The smallest absolute Gasteiger partial charge is 0.338 e. The van der Waals surface area contributed by atoms with E-state index in [4.69, 9.17) is 4.74 Å². The third-order valence-electron chi connectivity index (χ3n) is 4.74. The molecule has 2 unspecified atom stereocenters. The average Bonchev–Trinajstić information content (AvgIpc) is 2.91.